The van der Waals surface area contributed by atoms with E-state index in [1.165, 1.54) is 7.11 Å². The van der Waals surface area contributed by atoms with Gasteiger partial charge in [0, 0.05) is 5.56 Å². The second kappa shape index (κ2) is 7.14. The number of hydrogen-bond donors (Lipinski definition) is 1. The van der Waals surface area contributed by atoms with Gasteiger partial charge in [0.25, 0.3) is 0 Å². The molecule has 2 aromatic carbocycles. The van der Waals surface area contributed by atoms with Crippen molar-refractivity contribution in [3.63, 3.8) is 0 Å². The van der Waals surface area contributed by atoms with Crippen LogP contribution in [0.25, 0.3) is 11.6 Å². The topological polar surface area (TPSA) is 53.2 Å². The highest BCUT2D eigenvalue weighted by Gasteiger charge is 2.10. The van der Waals surface area contributed by atoms with Gasteiger partial charge in [-0.25, -0.2) is 0 Å². The van der Waals surface area contributed by atoms with E-state index in [1.54, 1.807) is 18.2 Å². The SMILES string of the molecule is C=CCc1cc(/C=C(\C#N)c2ccccc2)cc(OC)c1O. The van der Waals surface area contributed by atoms with Crippen molar-refractivity contribution in [3.8, 4) is 17.6 Å². The van der Waals surface area contributed by atoms with Crippen LogP contribution in [0.15, 0.2) is 55.1 Å². The fraction of sp³-hybridized carbons (Fsp3) is 0.105. The van der Waals surface area contributed by atoms with Crippen molar-refractivity contribution >= 4 is 11.6 Å². The molecule has 2 aromatic rings. The molecule has 0 amide bonds. The first kappa shape index (κ1) is 15.4. The zero-order chi connectivity index (χ0) is 15.9. The summed E-state index contributed by atoms with van der Waals surface area (Å²) in [6.07, 6.45) is 4.02. The third-order valence-corrected chi connectivity index (χ3v) is 3.28. The maximum atomic E-state index is 10.1. The minimum atomic E-state index is 0.109. The summed E-state index contributed by atoms with van der Waals surface area (Å²) in [5, 5.41) is 19.5. The van der Waals surface area contributed by atoms with E-state index in [0.29, 0.717) is 23.3 Å². The van der Waals surface area contributed by atoms with Crippen LogP contribution in [0.2, 0.25) is 0 Å². The van der Waals surface area contributed by atoms with Crippen LogP contribution in [0.4, 0.5) is 0 Å². The van der Waals surface area contributed by atoms with Gasteiger partial charge in [0.15, 0.2) is 11.5 Å². The Balaban J connectivity index is 2.52. The average Bonchev–Trinajstić information content (AvgIpc) is 2.56. The van der Waals surface area contributed by atoms with Crippen LogP contribution < -0.4 is 4.74 Å². The third kappa shape index (κ3) is 3.36. The molecule has 3 heteroatoms. The Morgan fingerprint density at radius 3 is 2.64 bits per heavy atom. The number of hydrogen-bond acceptors (Lipinski definition) is 3. The summed E-state index contributed by atoms with van der Waals surface area (Å²) in [5.41, 5.74) is 2.91. The van der Waals surface area contributed by atoms with E-state index in [2.05, 4.69) is 12.6 Å². The van der Waals surface area contributed by atoms with Crippen molar-refractivity contribution < 1.29 is 9.84 Å². The van der Waals surface area contributed by atoms with Gasteiger partial charge in [0.05, 0.1) is 18.8 Å². The molecule has 0 heterocycles. The number of methoxy groups -OCH3 is 1. The largest absolute Gasteiger partial charge is 0.504 e. The standard InChI is InChI=1S/C19H17NO2/c1-3-7-16-10-14(12-18(22-2)19(16)21)11-17(13-20)15-8-5-4-6-9-15/h3-6,8-12,21H,1,7H2,2H3/b17-11+. The molecule has 0 aliphatic heterocycles. The Morgan fingerprint density at radius 1 is 1.32 bits per heavy atom. The molecule has 0 aliphatic rings. The Labute approximate surface area is 130 Å². The van der Waals surface area contributed by atoms with E-state index in [9.17, 15) is 10.4 Å². The van der Waals surface area contributed by atoms with Gasteiger partial charge in [-0.05, 0) is 35.8 Å². The number of ether oxygens (including phenoxy) is 1. The minimum absolute atomic E-state index is 0.109. The van der Waals surface area contributed by atoms with Gasteiger partial charge >= 0.3 is 0 Å². The zero-order valence-electron chi connectivity index (χ0n) is 12.4. The number of phenolic OH excluding ortho intramolecular Hbond substituents is 1. The second-order valence-corrected chi connectivity index (χ2v) is 4.76. The Bertz CT molecular complexity index is 740. The van der Waals surface area contributed by atoms with Gasteiger partial charge in [-0.1, -0.05) is 36.4 Å². The Hall–Kier alpha value is -2.99. The summed E-state index contributed by atoms with van der Waals surface area (Å²) < 4.78 is 5.20. The molecule has 22 heavy (non-hydrogen) atoms. The molecule has 0 spiro atoms. The minimum Gasteiger partial charge on any atom is -0.504 e. The molecule has 0 radical (unpaired) electrons. The monoisotopic (exact) mass is 291 g/mol. The van der Waals surface area contributed by atoms with Gasteiger partial charge in [-0.2, -0.15) is 5.26 Å². The highest BCUT2D eigenvalue weighted by Crippen LogP contribution is 2.33. The van der Waals surface area contributed by atoms with Gasteiger partial charge in [0.2, 0.25) is 0 Å². The van der Waals surface area contributed by atoms with Crippen molar-refractivity contribution in [3.05, 3.63) is 71.8 Å². The van der Waals surface area contributed by atoms with Crippen LogP contribution in [-0.2, 0) is 6.42 Å². The van der Waals surface area contributed by atoms with E-state index >= 15 is 0 Å². The quantitative estimate of drug-likeness (QED) is 0.510. The smallest absolute Gasteiger partial charge is 0.161 e. The first-order valence-electron chi connectivity index (χ1n) is 6.87. The highest BCUT2D eigenvalue weighted by atomic mass is 16.5. The van der Waals surface area contributed by atoms with Crippen LogP contribution >= 0.6 is 0 Å². The van der Waals surface area contributed by atoms with Crippen molar-refractivity contribution in [1.29, 1.82) is 5.26 Å². The molecule has 0 aliphatic carbocycles. The first-order valence-corrected chi connectivity index (χ1v) is 6.87. The molecule has 0 saturated heterocycles. The number of benzene rings is 2. The Kier molecular flexibility index (Phi) is 5.00. The summed E-state index contributed by atoms with van der Waals surface area (Å²) in [4.78, 5) is 0. The van der Waals surface area contributed by atoms with Crippen LogP contribution in [0, 0.1) is 11.3 Å². The number of phenols is 1. The van der Waals surface area contributed by atoms with Gasteiger partial charge in [-0.15, -0.1) is 6.58 Å². The number of aromatic hydroxyl groups is 1. The zero-order valence-corrected chi connectivity index (χ0v) is 12.4. The van der Waals surface area contributed by atoms with E-state index in [4.69, 9.17) is 4.74 Å². The maximum absolute atomic E-state index is 10.1. The molecule has 110 valence electrons. The van der Waals surface area contributed by atoms with Crippen LogP contribution in [-0.4, -0.2) is 12.2 Å². The summed E-state index contributed by atoms with van der Waals surface area (Å²) >= 11 is 0. The van der Waals surface area contributed by atoms with Crippen molar-refractivity contribution in [2.24, 2.45) is 0 Å². The molecular weight excluding hydrogens is 274 g/mol. The lowest BCUT2D eigenvalue weighted by Crippen LogP contribution is -1.91. The van der Waals surface area contributed by atoms with Crippen LogP contribution in [0.5, 0.6) is 11.5 Å². The predicted octanol–water partition coefficient (Wildman–Crippen LogP) is 4.19. The fourth-order valence-electron chi connectivity index (χ4n) is 2.20. The normalized spacial score (nSPS) is 10.8. The molecule has 1 N–H and O–H groups in total. The molecule has 0 atom stereocenters. The highest BCUT2D eigenvalue weighted by molar-refractivity contribution is 5.90. The number of allylic oxidation sites excluding steroid dienone is 2. The summed E-state index contributed by atoms with van der Waals surface area (Å²) in [5.74, 6) is 0.494. The van der Waals surface area contributed by atoms with E-state index in [1.807, 2.05) is 36.4 Å². The third-order valence-electron chi connectivity index (χ3n) is 3.28. The average molecular weight is 291 g/mol. The van der Waals surface area contributed by atoms with Gasteiger partial charge in [0.1, 0.15) is 0 Å². The predicted molar refractivity (Wildman–Crippen MR) is 88.5 cm³/mol. The molecule has 0 unspecified atom stereocenters. The van der Waals surface area contributed by atoms with E-state index in [0.717, 1.165) is 11.1 Å². The summed E-state index contributed by atoms with van der Waals surface area (Å²) in [6.45, 7) is 3.69. The van der Waals surface area contributed by atoms with E-state index in [-0.39, 0.29) is 5.75 Å². The lowest BCUT2D eigenvalue weighted by atomic mass is 10.0. The number of rotatable bonds is 5. The second-order valence-electron chi connectivity index (χ2n) is 4.76. The van der Waals surface area contributed by atoms with Crippen LogP contribution in [0.1, 0.15) is 16.7 Å². The van der Waals surface area contributed by atoms with E-state index < -0.39 is 0 Å². The van der Waals surface area contributed by atoms with Crippen molar-refractivity contribution in [2.45, 2.75) is 6.42 Å². The first-order chi connectivity index (χ1) is 10.7. The summed E-state index contributed by atoms with van der Waals surface area (Å²) in [7, 11) is 1.50. The molecule has 3 nitrogen and oxygen atoms in total. The molecular formula is C19H17NO2. The van der Waals surface area contributed by atoms with Crippen LogP contribution in [0.3, 0.4) is 0 Å². The van der Waals surface area contributed by atoms with Crippen molar-refractivity contribution in [2.75, 3.05) is 7.11 Å². The molecule has 0 saturated carbocycles. The van der Waals surface area contributed by atoms with Gasteiger partial charge < -0.3 is 9.84 Å². The number of nitriles is 1. The van der Waals surface area contributed by atoms with Gasteiger partial charge in [-0.3, -0.25) is 0 Å². The maximum Gasteiger partial charge on any atom is 0.161 e. The number of nitrogens with zero attached hydrogens (tertiary/aromatic N) is 1. The lowest BCUT2D eigenvalue weighted by Gasteiger charge is -2.10. The molecule has 0 fully saturated rings. The fourth-order valence-corrected chi connectivity index (χ4v) is 2.20. The van der Waals surface area contributed by atoms with Crippen molar-refractivity contribution in [1.82, 2.24) is 0 Å². The molecule has 0 bridgehead atoms. The molecule has 0 aromatic heterocycles. The Morgan fingerprint density at radius 2 is 2.05 bits per heavy atom. The lowest BCUT2D eigenvalue weighted by molar-refractivity contribution is 0.371. The molecule has 2 rings (SSSR count). The summed E-state index contributed by atoms with van der Waals surface area (Å²) in [6, 6.07) is 15.2.